The first-order valence-electron chi connectivity index (χ1n) is 7.35. The van der Waals surface area contributed by atoms with Crippen LogP contribution in [0, 0.1) is 5.41 Å². The maximum atomic E-state index is 10.5. The van der Waals surface area contributed by atoms with E-state index < -0.39 is 6.10 Å². The van der Waals surface area contributed by atoms with Crippen molar-refractivity contribution in [3.63, 3.8) is 0 Å². The van der Waals surface area contributed by atoms with E-state index in [1.54, 1.807) is 0 Å². The fourth-order valence-electron chi connectivity index (χ4n) is 2.59. The zero-order chi connectivity index (χ0) is 13.9. The summed E-state index contributed by atoms with van der Waals surface area (Å²) in [5.41, 5.74) is 2.62. The third-order valence-corrected chi connectivity index (χ3v) is 3.84. The minimum atomic E-state index is -0.473. The van der Waals surface area contributed by atoms with Crippen molar-refractivity contribution in [3.8, 4) is 0 Å². The normalized spacial score (nSPS) is 23.8. The van der Waals surface area contributed by atoms with Crippen molar-refractivity contribution in [3.05, 3.63) is 35.4 Å². The topological polar surface area (TPSA) is 29.5 Å². The average Bonchev–Trinajstić information content (AvgIpc) is 2.49. The van der Waals surface area contributed by atoms with Crippen LogP contribution in [0.25, 0.3) is 0 Å². The average molecular weight is 262 g/mol. The zero-order valence-corrected chi connectivity index (χ0v) is 12.4. The number of aliphatic hydroxyl groups excluding tert-OH is 1. The van der Waals surface area contributed by atoms with Crippen molar-refractivity contribution < 1.29 is 9.84 Å². The maximum Gasteiger partial charge on any atom is 0.105 e. The van der Waals surface area contributed by atoms with Crippen LogP contribution in [0.4, 0.5) is 0 Å². The molecule has 0 aromatic heterocycles. The molecule has 0 bridgehead atoms. The van der Waals surface area contributed by atoms with E-state index in [-0.39, 0.29) is 11.5 Å². The molecule has 1 N–H and O–H groups in total. The summed E-state index contributed by atoms with van der Waals surface area (Å²) in [6.07, 6.45) is 3.59. The molecule has 0 saturated heterocycles. The Bertz CT molecular complexity index is 406. The maximum absolute atomic E-state index is 10.5. The van der Waals surface area contributed by atoms with Gasteiger partial charge in [0.1, 0.15) is 6.10 Å². The summed E-state index contributed by atoms with van der Waals surface area (Å²) in [5.74, 6) is 0. The summed E-state index contributed by atoms with van der Waals surface area (Å²) in [6.45, 7) is 7.38. The lowest BCUT2D eigenvalue weighted by atomic mass is 9.93. The van der Waals surface area contributed by atoms with Gasteiger partial charge in [0.15, 0.2) is 0 Å². The van der Waals surface area contributed by atoms with Crippen molar-refractivity contribution in [1.29, 1.82) is 0 Å². The van der Waals surface area contributed by atoms with Crippen molar-refractivity contribution in [1.82, 2.24) is 0 Å². The van der Waals surface area contributed by atoms with E-state index in [1.807, 2.05) is 18.2 Å². The fourth-order valence-corrected chi connectivity index (χ4v) is 2.59. The standard InChI is InChI=1S/C17H26O2/c1-17(2,3)11-12-19-15-10-6-8-13-7-4-5-9-14(13)16(15)18/h4-5,7,9,15-16,18H,6,8,10-12H2,1-3H3. The Balaban J connectivity index is 1.99. The van der Waals surface area contributed by atoms with Crippen molar-refractivity contribution in [2.24, 2.45) is 5.41 Å². The number of benzene rings is 1. The van der Waals surface area contributed by atoms with Gasteiger partial charge in [0, 0.05) is 6.61 Å². The molecule has 0 spiro atoms. The van der Waals surface area contributed by atoms with Crippen LogP contribution in [0.15, 0.2) is 24.3 Å². The van der Waals surface area contributed by atoms with Gasteiger partial charge in [0.05, 0.1) is 6.10 Å². The molecular weight excluding hydrogens is 236 g/mol. The molecular formula is C17H26O2. The summed E-state index contributed by atoms with van der Waals surface area (Å²) in [5, 5.41) is 10.5. The van der Waals surface area contributed by atoms with Gasteiger partial charge in [-0.15, -0.1) is 0 Å². The van der Waals surface area contributed by atoms with Gasteiger partial charge in [-0.05, 0) is 42.2 Å². The Hall–Kier alpha value is -0.860. The molecule has 1 aliphatic rings. The molecule has 0 aliphatic heterocycles. The Morgan fingerprint density at radius 1 is 1.26 bits per heavy atom. The van der Waals surface area contributed by atoms with E-state index in [9.17, 15) is 5.11 Å². The molecule has 0 fully saturated rings. The van der Waals surface area contributed by atoms with Crippen LogP contribution in [-0.2, 0) is 11.2 Å². The van der Waals surface area contributed by atoms with Crippen LogP contribution in [0.5, 0.6) is 0 Å². The summed E-state index contributed by atoms with van der Waals surface area (Å²) < 4.78 is 5.96. The van der Waals surface area contributed by atoms with E-state index in [0.717, 1.165) is 37.9 Å². The second-order valence-corrected chi connectivity index (χ2v) is 6.76. The molecule has 1 aliphatic carbocycles. The summed E-state index contributed by atoms with van der Waals surface area (Å²) in [4.78, 5) is 0. The third-order valence-electron chi connectivity index (χ3n) is 3.84. The minimum absolute atomic E-state index is 0.0500. The number of ether oxygens (including phenoxy) is 1. The first kappa shape index (κ1) is 14.5. The number of fused-ring (bicyclic) bond motifs is 1. The fraction of sp³-hybridized carbons (Fsp3) is 0.647. The third kappa shape index (κ3) is 4.05. The van der Waals surface area contributed by atoms with E-state index in [2.05, 4.69) is 26.8 Å². The molecule has 2 nitrogen and oxygen atoms in total. The van der Waals surface area contributed by atoms with Crippen LogP contribution < -0.4 is 0 Å². The van der Waals surface area contributed by atoms with Gasteiger partial charge >= 0.3 is 0 Å². The lowest BCUT2D eigenvalue weighted by Crippen LogP contribution is -2.23. The zero-order valence-electron chi connectivity index (χ0n) is 12.4. The molecule has 2 unspecified atom stereocenters. The van der Waals surface area contributed by atoms with Gasteiger partial charge in [-0.1, -0.05) is 45.0 Å². The Labute approximate surface area is 116 Å². The highest BCUT2D eigenvalue weighted by Gasteiger charge is 2.26. The number of hydrogen-bond donors (Lipinski definition) is 1. The predicted octanol–water partition coefficient (Wildman–Crippen LogP) is 3.88. The van der Waals surface area contributed by atoms with Gasteiger partial charge in [-0.25, -0.2) is 0 Å². The van der Waals surface area contributed by atoms with Crippen molar-refractivity contribution in [2.45, 2.75) is 58.7 Å². The van der Waals surface area contributed by atoms with Crippen LogP contribution in [0.1, 0.15) is 57.3 Å². The highest BCUT2D eigenvalue weighted by Crippen LogP contribution is 2.31. The van der Waals surface area contributed by atoms with Crippen LogP contribution >= 0.6 is 0 Å². The van der Waals surface area contributed by atoms with E-state index in [0.29, 0.717) is 0 Å². The van der Waals surface area contributed by atoms with Crippen LogP contribution in [0.3, 0.4) is 0 Å². The molecule has 2 rings (SSSR count). The van der Waals surface area contributed by atoms with Gasteiger partial charge < -0.3 is 9.84 Å². The van der Waals surface area contributed by atoms with Crippen LogP contribution in [-0.4, -0.2) is 17.8 Å². The highest BCUT2D eigenvalue weighted by molar-refractivity contribution is 5.30. The summed E-state index contributed by atoms with van der Waals surface area (Å²) >= 11 is 0. The molecule has 2 atom stereocenters. The molecule has 0 radical (unpaired) electrons. The molecule has 2 heteroatoms. The SMILES string of the molecule is CC(C)(C)CCOC1CCCc2ccccc2C1O. The molecule has 0 amide bonds. The first-order chi connectivity index (χ1) is 8.97. The van der Waals surface area contributed by atoms with Gasteiger partial charge in [-0.2, -0.15) is 0 Å². The Kier molecular flexibility index (Phi) is 4.64. The summed E-state index contributed by atoms with van der Waals surface area (Å²) in [7, 11) is 0. The lowest BCUT2D eigenvalue weighted by molar-refractivity contribution is -0.0482. The first-order valence-corrected chi connectivity index (χ1v) is 7.35. The van der Waals surface area contributed by atoms with E-state index in [1.165, 1.54) is 5.56 Å². The van der Waals surface area contributed by atoms with Crippen molar-refractivity contribution in [2.75, 3.05) is 6.61 Å². The van der Waals surface area contributed by atoms with E-state index >= 15 is 0 Å². The second kappa shape index (κ2) is 6.06. The number of rotatable bonds is 3. The molecule has 106 valence electrons. The Morgan fingerprint density at radius 3 is 2.74 bits per heavy atom. The highest BCUT2D eigenvalue weighted by atomic mass is 16.5. The predicted molar refractivity (Wildman–Crippen MR) is 78.2 cm³/mol. The largest absolute Gasteiger partial charge is 0.386 e. The number of aliphatic hydroxyl groups is 1. The number of hydrogen-bond acceptors (Lipinski definition) is 2. The number of aryl methyl sites for hydroxylation is 1. The minimum Gasteiger partial charge on any atom is -0.386 e. The molecule has 1 aromatic carbocycles. The van der Waals surface area contributed by atoms with Crippen LogP contribution in [0.2, 0.25) is 0 Å². The lowest BCUT2D eigenvalue weighted by Gasteiger charge is -2.25. The van der Waals surface area contributed by atoms with Crippen molar-refractivity contribution >= 4 is 0 Å². The van der Waals surface area contributed by atoms with Gasteiger partial charge in [-0.3, -0.25) is 0 Å². The van der Waals surface area contributed by atoms with Gasteiger partial charge in [0.2, 0.25) is 0 Å². The second-order valence-electron chi connectivity index (χ2n) is 6.76. The Morgan fingerprint density at radius 2 is 2.00 bits per heavy atom. The quantitative estimate of drug-likeness (QED) is 0.838. The smallest absolute Gasteiger partial charge is 0.105 e. The molecule has 1 aromatic rings. The monoisotopic (exact) mass is 262 g/mol. The van der Waals surface area contributed by atoms with E-state index in [4.69, 9.17) is 4.74 Å². The summed E-state index contributed by atoms with van der Waals surface area (Å²) in [6, 6.07) is 8.20. The molecule has 0 heterocycles. The molecule has 0 saturated carbocycles. The van der Waals surface area contributed by atoms with Gasteiger partial charge in [0.25, 0.3) is 0 Å². The molecule has 19 heavy (non-hydrogen) atoms.